The van der Waals surface area contributed by atoms with Gasteiger partial charge in [0.25, 0.3) is 11.6 Å². The van der Waals surface area contributed by atoms with Crippen molar-refractivity contribution in [2.45, 2.75) is 18.9 Å². The SMILES string of the molecule is N=c1[nH]c2ccccc2n1C1CCN(c2ccc(C(=O)NO)cc2[N+](=O)[O-])CC1. The number of nitro benzene ring substituents is 1. The number of aromatic amines is 1. The monoisotopic (exact) mass is 396 g/mol. The van der Waals surface area contributed by atoms with Crippen LogP contribution in [0.3, 0.4) is 0 Å². The molecule has 1 saturated heterocycles. The lowest BCUT2D eigenvalue weighted by Gasteiger charge is -2.34. The van der Waals surface area contributed by atoms with E-state index in [1.165, 1.54) is 23.7 Å². The zero-order valence-electron chi connectivity index (χ0n) is 15.5. The zero-order valence-corrected chi connectivity index (χ0v) is 15.5. The average molecular weight is 396 g/mol. The summed E-state index contributed by atoms with van der Waals surface area (Å²) in [6.07, 6.45) is 1.46. The summed E-state index contributed by atoms with van der Waals surface area (Å²) in [6, 6.07) is 12.1. The Hall–Kier alpha value is -3.66. The van der Waals surface area contributed by atoms with E-state index in [0.717, 1.165) is 23.9 Å². The molecule has 4 rings (SSSR count). The van der Waals surface area contributed by atoms with Crippen molar-refractivity contribution < 1.29 is 14.9 Å². The maximum absolute atomic E-state index is 11.6. The molecule has 0 atom stereocenters. The Balaban J connectivity index is 1.58. The number of nitrogens with one attached hydrogen (secondary N) is 3. The standard InChI is InChI=1S/C19H20N6O4/c20-19-21-14-3-1-2-4-15(14)24(19)13-7-9-23(10-8-13)16-6-5-12(18(26)22-27)11-17(16)25(28)29/h1-6,11,13,27H,7-10H2,(H2,20,21)(H,22,26). The fourth-order valence-corrected chi connectivity index (χ4v) is 3.98. The molecule has 1 aromatic heterocycles. The Labute approximate surface area is 165 Å². The summed E-state index contributed by atoms with van der Waals surface area (Å²) in [7, 11) is 0. The van der Waals surface area contributed by atoms with E-state index in [9.17, 15) is 14.9 Å². The van der Waals surface area contributed by atoms with Crippen molar-refractivity contribution in [2.75, 3.05) is 18.0 Å². The number of H-pyrrole nitrogens is 1. The third-order valence-corrected chi connectivity index (χ3v) is 5.36. The number of carbonyl (C=O) groups is 1. The van der Waals surface area contributed by atoms with Crippen LogP contribution in [0.25, 0.3) is 11.0 Å². The van der Waals surface area contributed by atoms with E-state index in [1.54, 1.807) is 0 Å². The molecule has 10 nitrogen and oxygen atoms in total. The van der Waals surface area contributed by atoms with Crippen LogP contribution in [0.1, 0.15) is 29.2 Å². The van der Waals surface area contributed by atoms with Crippen LogP contribution in [0.5, 0.6) is 0 Å². The summed E-state index contributed by atoms with van der Waals surface area (Å²) in [5.74, 6) is -0.794. The summed E-state index contributed by atoms with van der Waals surface area (Å²) in [6.45, 7) is 1.17. The minimum Gasteiger partial charge on any atom is -0.366 e. The first-order valence-electron chi connectivity index (χ1n) is 9.21. The molecule has 0 unspecified atom stereocenters. The highest BCUT2D eigenvalue weighted by Crippen LogP contribution is 2.34. The zero-order chi connectivity index (χ0) is 20.5. The molecule has 1 amide bonds. The molecule has 0 aliphatic carbocycles. The molecule has 150 valence electrons. The number of para-hydroxylation sites is 2. The van der Waals surface area contributed by atoms with E-state index in [2.05, 4.69) is 4.98 Å². The minimum absolute atomic E-state index is 0.0195. The second-order valence-corrected chi connectivity index (χ2v) is 6.98. The van der Waals surface area contributed by atoms with Crippen molar-refractivity contribution in [3.8, 4) is 0 Å². The lowest BCUT2D eigenvalue weighted by Crippen LogP contribution is -2.37. The van der Waals surface area contributed by atoms with Gasteiger partial charge in [-0.1, -0.05) is 12.1 Å². The van der Waals surface area contributed by atoms with E-state index in [0.29, 0.717) is 24.4 Å². The van der Waals surface area contributed by atoms with Crippen LogP contribution in [0.15, 0.2) is 42.5 Å². The molecule has 0 saturated carbocycles. The number of anilines is 1. The lowest BCUT2D eigenvalue weighted by molar-refractivity contribution is -0.384. The predicted molar refractivity (Wildman–Crippen MR) is 105 cm³/mol. The van der Waals surface area contributed by atoms with E-state index in [1.807, 2.05) is 33.7 Å². The number of imidazole rings is 1. The summed E-state index contributed by atoms with van der Waals surface area (Å²) >= 11 is 0. The molecule has 3 aromatic rings. The highest BCUT2D eigenvalue weighted by Gasteiger charge is 2.27. The number of aromatic nitrogens is 2. The van der Waals surface area contributed by atoms with Crippen LogP contribution < -0.4 is 16.0 Å². The van der Waals surface area contributed by atoms with Gasteiger partial charge < -0.3 is 14.5 Å². The summed E-state index contributed by atoms with van der Waals surface area (Å²) in [4.78, 5) is 27.6. The van der Waals surface area contributed by atoms with Crippen LogP contribution in [-0.2, 0) is 0 Å². The van der Waals surface area contributed by atoms with Gasteiger partial charge >= 0.3 is 0 Å². The Morgan fingerprint density at radius 3 is 2.66 bits per heavy atom. The summed E-state index contributed by atoms with van der Waals surface area (Å²) in [5.41, 5.74) is 4.00. The number of nitrogens with zero attached hydrogens (tertiary/aromatic N) is 3. The maximum atomic E-state index is 11.6. The number of amides is 1. The molecule has 4 N–H and O–H groups in total. The van der Waals surface area contributed by atoms with Crippen LogP contribution in [-0.4, -0.2) is 38.7 Å². The van der Waals surface area contributed by atoms with E-state index < -0.39 is 10.8 Å². The topological polar surface area (TPSA) is 140 Å². The molecule has 10 heteroatoms. The number of benzene rings is 2. The third kappa shape index (κ3) is 3.34. The number of fused-ring (bicyclic) bond motifs is 1. The van der Waals surface area contributed by atoms with Crippen molar-refractivity contribution >= 4 is 28.3 Å². The normalized spacial score (nSPS) is 14.9. The first kappa shape index (κ1) is 18.7. The van der Waals surface area contributed by atoms with E-state index >= 15 is 0 Å². The van der Waals surface area contributed by atoms with Gasteiger partial charge in [-0.15, -0.1) is 0 Å². The number of piperidine rings is 1. The molecule has 0 bridgehead atoms. The predicted octanol–water partition coefficient (Wildman–Crippen LogP) is 2.32. The van der Waals surface area contributed by atoms with Gasteiger partial charge in [0.15, 0.2) is 0 Å². The van der Waals surface area contributed by atoms with Gasteiger partial charge in [0.05, 0.1) is 16.0 Å². The molecule has 1 fully saturated rings. The molecule has 0 spiro atoms. The molecule has 2 aromatic carbocycles. The molecular formula is C19H20N6O4. The van der Waals surface area contributed by atoms with Crippen molar-refractivity contribution in [1.29, 1.82) is 5.41 Å². The molecule has 1 aliphatic rings. The molecule has 1 aliphatic heterocycles. The van der Waals surface area contributed by atoms with Crippen molar-refractivity contribution in [2.24, 2.45) is 0 Å². The summed E-state index contributed by atoms with van der Waals surface area (Å²) < 4.78 is 1.98. The Morgan fingerprint density at radius 1 is 1.24 bits per heavy atom. The van der Waals surface area contributed by atoms with E-state index in [-0.39, 0.29) is 17.3 Å². The van der Waals surface area contributed by atoms with Crippen LogP contribution in [0.2, 0.25) is 0 Å². The van der Waals surface area contributed by atoms with Gasteiger partial charge in [-0.25, -0.2) is 5.48 Å². The van der Waals surface area contributed by atoms with Gasteiger partial charge in [0, 0.05) is 30.8 Å². The quantitative estimate of drug-likeness (QED) is 0.304. The first-order chi connectivity index (χ1) is 14.0. The maximum Gasteiger partial charge on any atom is 0.293 e. The second kappa shape index (κ2) is 7.40. The number of nitro groups is 1. The smallest absolute Gasteiger partial charge is 0.293 e. The number of rotatable bonds is 4. The molecular weight excluding hydrogens is 376 g/mol. The van der Waals surface area contributed by atoms with Gasteiger partial charge in [0.1, 0.15) is 5.69 Å². The first-order valence-corrected chi connectivity index (χ1v) is 9.21. The number of carbonyl (C=O) groups excluding carboxylic acids is 1. The Morgan fingerprint density at radius 2 is 1.97 bits per heavy atom. The van der Waals surface area contributed by atoms with Crippen molar-refractivity contribution in [3.63, 3.8) is 0 Å². The highest BCUT2D eigenvalue weighted by atomic mass is 16.6. The second-order valence-electron chi connectivity index (χ2n) is 6.98. The lowest BCUT2D eigenvalue weighted by atomic mass is 10.0. The molecule has 29 heavy (non-hydrogen) atoms. The molecule has 2 heterocycles. The fraction of sp³-hybridized carbons (Fsp3) is 0.263. The highest BCUT2D eigenvalue weighted by molar-refractivity contribution is 5.95. The van der Waals surface area contributed by atoms with Gasteiger partial charge in [0.2, 0.25) is 5.62 Å². The number of hydroxylamine groups is 1. The van der Waals surface area contributed by atoms with Gasteiger partial charge in [-0.2, -0.15) is 0 Å². The van der Waals surface area contributed by atoms with Crippen molar-refractivity contribution in [3.05, 3.63) is 63.8 Å². The fourth-order valence-electron chi connectivity index (χ4n) is 3.98. The van der Waals surface area contributed by atoms with Gasteiger partial charge in [-0.3, -0.25) is 25.5 Å². The van der Waals surface area contributed by atoms with Crippen LogP contribution in [0.4, 0.5) is 11.4 Å². The van der Waals surface area contributed by atoms with E-state index in [4.69, 9.17) is 10.6 Å². The Bertz CT molecular complexity index is 1140. The third-order valence-electron chi connectivity index (χ3n) is 5.36. The number of hydrogen-bond acceptors (Lipinski definition) is 6. The van der Waals surface area contributed by atoms with Gasteiger partial charge in [-0.05, 0) is 37.1 Å². The molecule has 0 radical (unpaired) electrons. The van der Waals surface area contributed by atoms with Crippen LogP contribution in [0, 0.1) is 15.5 Å². The number of hydrogen-bond donors (Lipinski definition) is 4. The van der Waals surface area contributed by atoms with Crippen LogP contribution >= 0.6 is 0 Å². The minimum atomic E-state index is -0.794. The van der Waals surface area contributed by atoms with Crippen molar-refractivity contribution in [1.82, 2.24) is 15.0 Å². The summed E-state index contributed by atoms with van der Waals surface area (Å²) in [5, 5.41) is 28.5. The average Bonchev–Trinajstić information content (AvgIpc) is 3.08. The largest absolute Gasteiger partial charge is 0.366 e. The Kier molecular flexibility index (Phi) is 4.77.